The summed E-state index contributed by atoms with van der Waals surface area (Å²) in [6, 6.07) is 0.665. The van der Waals surface area contributed by atoms with E-state index in [2.05, 4.69) is 18.7 Å². The summed E-state index contributed by atoms with van der Waals surface area (Å²) in [5.74, 6) is 0.189. The van der Waals surface area contributed by atoms with Crippen molar-refractivity contribution >= 4 is 5.91 Å². The standard InChI is InChI=1S/C12H25N3O/c1-10(2)15(11(3)16)12-5-4-7-14(9-12)8-6-13/h10,12H,4-9,13H2,1-3H3/t12-/m0/s1. The van der Waals surface area contributed by atoms with Crippen LogP contribution >= 0.6 is 0 Å². The molecule has 1 rings (SSSR count). The zero-order valence-corrected chi connectivity index (χ0v) is 10.8. The normalized spacial score (nSPS) is 22.4. The van der Waals surface area contributed by atoms with Crippen LogP contribution in [-0.4, -0.2) is 54.0 Å². The van der Waals surface area contributed by atoms with Crippen LogP contribution in [0.25, 0.3) is 0 Å². The summed E-state index contributed by atoms with van der Waals surface area (Å²) in [5.41, 5.74) is 5.58. The van der Waals surface area contributed by atoms with Crippen LogP contribution in [0.1, 0.15) is 33.6 Å². The van der Waals surface area contributed by atoms with E-state index in [4.69, 9.17) is 5.73 Å². The molecule has 94 valence electrons. The van der Waals surface area contributed by atoms with Gasteiger partial charge in [-0.05, 0) is 33.2 Å². The maximum Gasteiger partial charge on any atom is 0.219 e. The van der Waals surface area contributed by atoms with E-state index >= 15 is 0 Å². The van der Waals surface area contributed by atoms with E-state index in [0.717, 1.165) is 26.1 Å². The van der Waals surface area contributed by atoms with Crippen molar-refractivity contribution < 1.29 is 4.79 Å². The molecule has 1 saturated heterocycles. The number of rotatable bonds is 4. The van der Waals surface area contributed by atoms with E-state index < -0.39 is 0 Å². The maximum absolute atomic E-state index is 11.6. The highest BCUT2D eigenvalue weighted by atomic mass is 16.2. The predicted molar refractivity (Wildman–Crippen MR) is 66.2 cm³/mol. The zero-order chi connectivity index (χ0) is 12.1. The highest BCUT2D eigenvalue weighted by Gasteiger charge is 2.28. The first-order valence-corrected chi connectivity index (χ1v) is 6.27. The Labute approximate surface area is 98.8 Å². The average Bonchev–Trinajstić information content (AvgIpc) is 2.17. The van der Waals surface area contributed by atoms with Crippen molar-refractivity contribution in [2.45, 2.75) is 45.7 Å². The molecule has 0 unspecified atom stereocenters. The Hall–Kier alpha value is -0.610. The molecule has 1 aliphatic heterocycles. The Morgan fingerprint density at radius 2 is 2.25 bits per heavy atom. The van der Waals surface area contributed by atoms with Crippen molar-refractivity contribution in [1.29, 1.82) is 0 Å². The fourth-order valence-corrected chi connectivity index (χ4v) is 2.69. The quantitative estimate of drug-likeness (QED) is 0.768. The molecule has 0 radical (unpaired) electrons. The van der Waals surface area contributed by atoms with E-state index in [-0.39, 0.29) is 5.91 Å². The Bertz CT molecular complexity index is 228. The molecule has 0 saturated carbocycles. The second-order valence-corrected chi connectivity index (χ2v) is 4.91. The fraction of sp³-hybridized carbons (Fsp3) is 0.917. The number of nitrogens with two attached hydrogens (primary N) is 1. The molecule has 0 aliphatic carbocycles. The molecule has 1 heterocycles. The number of amides is 1. The summed E-state index contributed by atoms with van der Waals surface area (Å²) in [6.45, 7) is 9.59. The van der Waals surface area contributed by atoms with Gasteiger partial charge in [-0.3, -0.25) is 4.79 Å². The van der Waals surface area contributed by atoms with Gasteiger partial charge in [-0.1, -0.05) is 0 Å². The second-order valence-electron chi connectivity index (χ2n) is 4.91. The molecule has 1 fully saturated rings. The van der Waals surface area contributed by atoms with Crippen molar-refractivity contribution in [3.05, 3.63) is 0 Å². The van der Waals surface area contributed by atoms with Crippen LogP contribution in [0.15, 0.2) is 0 Å². The minimum Gasteiger partial charge on any atom is -0.336 e. The first-order chi connectivity index (χ1) is 7.56. The van der Waals surface area contributed by atoms with Crippen molar-refractivity contribution in [2.24, 2.45) is 5.73 Å². The first kappa shape index (κ1) is 13.5. The highest BCUT2D eigenvalue weighted by Crippen LogP contribution is 2.18. The summed E-state index contributed by atoms with van der Waals surface area (Å²) in [4.78, 5) is 16.0. The topological polar surface area (TPSA) is 49.6 Å². The van der Waals surface area contributed by atoms with Crippen LogP contribution in [0.2, 0.25) is 0 Å². The van der Waals surface area contributed by atoms with E-state index in [1.54, 1.807) is 6.92 Å². The van der Waals surface area contributed by atoms with Crippen LogP contribution in [-0.2, 0) is 4.79 Å². The third-order valence-electron chi connectivity index (χ3n) is 3.24. The van der Waals surface area contributed by atoms with Gasteiger partial charge in [0, 0.05) is 38.6 Å². The zero-order valence-electron chi connectivity index (χ0n) is 10.8. The number of nitrogens with zero attached hydrogens (tertiary/aromatic N) is 2. The van der Waals surface area contributed by atoms with Crippen LogP contribution in [0.5, 0.6) is 0 Å². The lowest BCUT2D eigenvalue weighted by Crippen LogP contribution is -2.52. The number of hydrogen-bond donors (Lipinski definition) is 1. The largest absolute Gasteiger partial charge is 0.336 e. The van der Waals surface area contributed by atoms with Gasteiger partial charge in [-0.2, -0.15) is 0 Å². The molecule has 4 nitrogen and oxygen atoms in total. The lowest BCUT2D eigenvalue weighted by Gasteiger charge is -2.41. The van der Waals surface area contributed by atoms with Gasteiger partial charge >= 0.3 is 0 Å². The van der Waals surface area contributed by atoms with E-state index in [1.165, 1.54) is 6.42 Å². The monoisotopic (exact) mass is 227 g/mol. The molecular formula is C12H25N3O. The number of carbonyl (C=O) groups excluding carboxylic acids is 1. The Kier molecular flexibility index (Phi) is 5.22. The molecule has 0 aromatic carbocycles. The van der Waals surface area contributed by atoms with Crippen LogP contribution in [0, 0.1) is 0 Å². The number of piperidine rings is 1. The summed E-state index contributed by atoms with van der Waals surface area (Å²) in [6.07, 6.45) is 2.29. The van der Waals surface area contributed by atoms with Gasteiger partial charge in [0.25, 0.3) is 0 Å². The number of hydrogen-bond acceptors (Lipinski definition) is 3. The molecule has 1 atom stereocenters. The van der Waals surface area contributed by atoms with E-state index in [1.807, 2.05) is 4.90 Å². The molecular weight excluding hydrogens is 202 g/mol. The smallest absolute Gasteiger partial charge is 0.219 e. The van der Waals surface area contributed by atoms with Gasteiger partial charge in [-0.25, -0.2) is 0 Å². The second kappa shape index (κ2) is 6.21. The van der Waals surface area contributed by atoms with Crippen molar-refractivity contribution in [3.8, 4) is 0 Å². The molecule has 0 spiro atoms. The molecule has 0 aromatic rings. The van der Waals surface area contributed by atoms with Crippen molar-refractivity contribution in [2.75, 3.05) is 26.2 Å². The minimum atomic E-state index is 0.189. The average molecular weight is 227 g/mol. The van der Waals surface area contributed by atoms with Gasteiger partial charge < -0.3 is 15.5 Å². The Morgan fingerprint density at radius 1 is 1.56 bits per heavy atom. The van der Waals surface area contributed by atoms with E-state index in [9.17, 15) is 4.79 Å². The summed E-state index contributed by atoms with van der Waals surface area (Å²) >= 11 is 0. The van der Waals surface area contributed by atoms with Gasteiger partial charge in [0.2, 0.25) is 5.91 Å². The molecule has 0 aromatic heterocycles. The van der Waals surface area contributed by atoms with Crippen LogP contribution in [0.4, 0.5) is 0 Å². The fourth-order valence-electron chi connectivity index (χ4n) is 2.69. The van der Waals surface area contributed by atoms with Crippen LogP contribution < -0.4 is 5.73 Å². The predicted octanol–water partition coefficient (Wildman–Crippen LogP) is 0.666. The molecule has 1 aliphatic rings. The first-order valence-electron chi connectivity index (χ1n) is 6.27. The number of likely N-dealkylation sites (tertiary alicyclic amines) is 1. The molecule has 4 heteroatoms. The van der Waals surface area contributed by atoms with Crippen molar-refractivity contribution in [3.63, 3.8) is 0 Å². The van der Waals surface area contributed by atoms with Crippen molar-refractivity contribution in [1.82, 2.24) is 9.80 Å². The summed E-state index contributed by atoms with van der Waals surface area (Å²) in [7, 11) is 0. The third kappa shape index (κ3) is 3.46. The van der Waals surface area contributed by atoms with Gasteiger partial charge in [0.05, 0.1) is 0 Å². The maximum atomic E-state index is 11.6. The van der Waals surface area contributed by atoms with Gasteiger partial charge in [0.1, 0.15) is 0 Å². The molecule has 2 N–H and O–H groups in total. The Morgan fingerprint density at radius 3 is 2.75 bits per heavy atom. The molecule has 0 bridgehead atoms. The third-order valence-corrected chi connectivity index (χ3v) is 3.24. The van der Waals surface area contributed by atoms with Gasteiger partial charge in [-0.15, -0.1) is 0 Å². The Balaban J connectivity index is 2.59. The number of carbonyl (C=O) groups is 1. The molecule has 16 heavy (non-hydrogen) atoms. The summed E-state index contributed by atoms with van der Waals surface area (Å²) < 4.78 is 0. The van der Waals surface area contributed by atoms with Gasteiger partial charge in [0.15, 0.2) is 0 Å². The van der Waals surface area contributed by atoms with Crippen LogP contribution in [0.3, 0.4) is 0 Å². The SMILES string of the molecule is CC(=O)N(C(C)C)[C@H]1CCCN(CCN)C1. The summed E-state index contributed by atoms with van der Waals surface area (Å²) in [5, 5.41) is 0. The van der Waals surface area contributed by atoms with E-state index in [0.29, 0.717) is 18.6 Å². The molecule has 1 amide bonds. The minimum absolute atomic E-state index is 0.189. The lowest BCUT2D eigenvalue weighted by molar-refractivity contribution is -0.134. The lowest BCUT2D eigenvalue weighted by atomic mass is 10.0. The highest BCUT2D eigenvalue weighted by molar-refractivity contribution is 5.74.